The fourth-order valence-electron chi connectivity index (χ4n) is 2.68. The van der Waals surface area contributed by atoms with Crippen LogP contribution < -0.4 is 9.62 Å². The monoisotopic (exact) mass is 421 g/mol. The number of anilines is 1. The Morgan fingerprint density at radius 1 is 1.03 bits per heavy atom. The number of halogens is 1. The first-order valence-corrected chi connectivity index (χ1v) is 10.7. The second-order valence-corrected chi connectivity index (χ2v) is 8.76. The van der Waals surface area contributed by atoms with Gasteiger partial charge >= 0.3 is 0 Å². The van der Waals surface area contributed by atoms with Crippen LogP contribution in [0.25, 0.3) is 0 Å². The summed E-state index contributed by atoms with van der Waals surface area (Å²) in [5.41, 5.74) is 1.37. The van der Waals surface area contributed by atoms with Gasteiger partial charge in [-0.2, -0.15) is 0 Å². The van der Waals surface area contributed by atoms with Gasteiger partial charge in [0.25, 0.3) is 5.91 Å². The molecular formula is C20H24FN3O4S. The van der Waals surface area contributed by atoms with E-state index < -0.39 is 28.5 Å². The summed E-state index contributed by atoms with van der Waals surface area (Å²) in [6.07, 6.45) is 1.00. The zero-order valence-electron chi connectivity index (χ0n) is 16.7. The standard InChI is InChI=1S/C20H24FN3O4S/c1-14(15-5-9-17(21)10-6-15)22-19(25)13-24(29(4,27)28)18-11-7-16(8-12-18)20(26)23(2)3/h5-12,14H,13H2,1-4H3,(H,22,25). The van der Waals surface area contributed by atoms with E-state index in [0.717, 1.165) is 10.6 Å². The largest absolute Gasteiger partial charge is 0.348 e. The molecule has 0 aliphatic rings. The van der Waals surface area contributed by atoms with Crippen molar-refractivity contribution in [2.75, 3.05) is 31.2 Å². The fraction of sp³-hybridized carbons (Fsp3) is 0.300. The molecule has 0 heterocycles. The smallest absolute Gasteiger partial charge is 0.253 e. The predicted molar refractivity (Wildman–Crippen MR) is 110 cm³/mol. The lowest BCUT2D eigenvalue weighted by molar-refractivity contribution is -0.120. The summed E-state index contributed by atoms with van der Waals surface area (Å²) in [6.45, 7) is 1.29. The van der Waals surface area contributed by atoms with Crippen LogP contribution in [0.5, 0.6) is 0 Å². The van der Waals surface area contributed by atoms with Crippen molar-refractivity contribution in [3.8, 4) is 0 Å². The second kappa shape index (κ2) is 9.04. The van der Waals surface area contributed by atoms with Crippen LogP contribution in [-0.2, 0) is 14.8 Å². The third kappa shape index (κ3) is 6.02. The summed E-state index contributed by atoms with van der Waals surface area (Å²) in [5, 5.41) is 2.70. The van der Waals surface area contributed by atoms with E-state index in [0.29, 0.717) is 11.1 Å². The normalized spacial score (nSPS) is 12.2. The quantitative estimate of drug-likeness (QED) is 0.742. The third-order valence-corrected chi connectivity index (χ3v) is 5.38. The molecule has 2 amide bonds. The van der Waals surface area contributed by atoms with Crippen LogP contribution in [0, 0.1) is 5.82 Å². The van der Waals surface area contributed by atoms with Crippen molar-refractivity contribution < 1.29 is 22.4 Å². The zero-order chi connectivity index (χ0) is 21.8. The van der Waals surface area contributed by atoms with Crippen molar-refractivity contribution in [2.45, 2.75) is 13.0 Å². The minimum Gasteiger partial charge on any atom is -0.348 e. The average molecular weight is 421 g/mol. The van der Waals surface area contributed by atoms with E-state index in [4.69, 9.17) is 0 Å². The Kier molecular flexibility index (Phi) is 6.97. The van der Waals surface area contributed by atoms with Gasteiger partial charge in [-0.15, -0.1) is 0 Å². The van der Waals surface area contributed by atoms with E-state index in [9.17, 15) is 22.4 Å². The molecule has 0 spiro atoms. The molecule has 2 aromatic carbocycles. The van der Waals surface area contributed by atoms with Crippen molar-refractivity contribution in [1.82, 2.24) is 10.2 Å². The van der Waals surface area contributed by atoms with E-state index in [1.807, 2.05) is 0 Å². The molecule has 9 heteroatoms. The van der Waals surface area contributed by atoms with Gasteiger partial charge in [0.05, 0.1) is 18.0 Å². The van der Waals surface area contributed by atoms with Crippen LogP contribution in [0.3, 0.4) is 0 Å². The molecule has 0 saturated heterocycles. The SMILES string of the molecule is CC(NC(=O)CN(c1ccc(C(=O)N(C)C)cc1)S(C)(=O)=O)c1ccc(F)cc1. The van der Waals surface area contributed by atoms with E-state index >= 15 is 0 Å². The number of sulfonamides is 1. The number of rotatable bonds is 7. The molecule has 0 bridgehead atoms. The highest BCUT2D eigenvalue weighted by Crippen LogP contribution is 2.19. The Bertz CT molecular complexity index is 974. The van der Waals surface area contributed by atoms with Crippen LogP contribution in [0.1, 0.15) is 28.9 Å². The van der Waals surface area contributed by atoms with E-state index in [1.165, 1.54) is 41.3 Å². The number of hydrogen-bond acceptors (Lipinski definition) is 4. The van der Waals surface area contributed by atoms with Gasteiger partial charge in [-0.3, -0.25) is 13.9 Å². The third-order valence-electron chi connectivity index (χ3n) is 4.24. The van der Waals surface area contributed by atoms with E-state index in [-0.39, 0.29) is 17.4 Å². The van der Waals surface area contributed by atoms with Gasteiger partial charge in [-0.25, -0.2) is 12.8 Å². The number of nitrogens with zero attached hydrogens (tertiary/aromatic N) is 2. The molecule has 1 atom stereocenters. The molecule has 29 heavy (non-hydrogen) atoms. The maximum atomic E-state index is 13.0. The molecule has 2 aromatic rings. The first-order chi connectivity index (χ1) is 13.5. The molecule has 1 N–H and O–H groups in total. The lowest BCUT2D eigenvalue weighted by Crippen LogP contribution is -2.41. The van der Waals surface area contributed by atoms with Crippen LogP contribution in [-0.4, -0.2) is 52.0 Å². The molecule has 7 nitrogen and oxygen atoms in total. The van der Waals surface area contributed by atoms with Crippen LogP contribution >= 0.6 is 0 Å². The molecular weight excluding hydrogens is 397 g/mol. The number of benzene rings is 2. The Balaban J connectivity index is 2.15. The van der Waals surface area contributed by atoms with Crippen LogP contribution in [0.4, 0.5) is 10.1 Å². The van der Waals surface area contributed by atoms with Crippen molar-refractivity contribution in [1.29, 1.82) is 0 Å². The molecule has 0 aliphatic carbocycles. The highest BCUT2D eigenvalue weighted by atomic mass is 32.2. The topological polar surface area (TPSA) is 86.8 Å². The zero-order valence-corrected chi connectivity index (χ0v) is 17.5. The van der Waals surface area contributed by atoms with Gasteiger partial charge < -0.3 is 10.2 Å². The maximum absolute atomic E-state index is 13.0. The van der Waals surface area contributed by atoms with Crippen LogP contribution in [0.2, 0.25) is 0 Å². The fourth-order valence-corrected chi connectivity index (χ4v) is 3.54. The minimum atomic E-state index is -3.74. The Hall–Kier alpha value is -2.94. The summed E-state index contributed by atoms with van der Waals surface area (Å²) in [4.78, 5) is 25.8. The van der Waals surface area contributed by atoms with Gasteiger partial charge in [0.15, 0.2) is 0 Å². The highest BCUT2D eigenvalue weighted by Gasteiger charge is 2.22. The van der Waals surface area contributed by atoms with Gasteiger partial charge in [0.1, 0.15) is 12.4 Å². The Morgan fingerprint density at radius 3 is 2.07 bits per heavy atom. The number of hydrogen-bond donors (Lipinski definition) is 1. The Morgan fingerprint density at radius 2 is 1.59 bits per heavy atom. The molecule has 156 valence electrons. The number of amides is 2. The molecule has 0 saturated carbocycles. The van der Waals surface area contributed by atoms with Gasteiger partial charge in [0, 0.05) is 19.7 Å². The summed E-state index contributed by atoms with van der Waals surface area (Å²) >= 11 is 0. The Labute approximate surface area is 170 Å². The average Bonchev–Trinajstić information content (AvgIpc) is 2.65. The highest BCUT2D eigenvalue weighted by molar-refractivity contribution is 7.92. The van der Waals surface area contributed by atoms with Crippen molar-refractivity contribution in [3.63, 3.8) is 0 Å². The summed E-state index contributed by atoms with van der Waals surface area (Å²) in [5.74, 6) is -1.11. The summed E-state index contributed by atoms with van der Waals surface area (Å²) in [6, 6.07) is 11.2. The number of carbonyl (C=O) groups is 2. The maximum Gasteiger partial charge on any atom is 0.253 e. The predicted octanol–water partition coefficient (Wildman–Crippen LogP) is 2.17. The summed E-state index contributed by atoms with van der Waals surface area (Å²) < 4.78 is 38.4. The van der Waals surface area contributed by atoms with Crippen molar-refractivity contribution in [2.24, 2.45) is 0 Å². The first kappa shape index (κ1) is 22.4. The molecule has 0 radical (unpaired) electrons. The molecule has 0 aliphatic heterocycles. The second-order valence-electron chi connectivity index (χ2n) is 6.86. The van der Waals surface area contributed by atoms with Crippen LogP contribution in [0.15, 0.2) is 48.5 Å². The lowest BCUT2D eigenvalue weighted by atomic mass is 10.1. The van der Waals surface area contributed by atoms with E-state index in [2.05, 4.69) is 5.32 Å². The van der Waals surface area contributed by atoms with E-state index in [1.54, 1.807) is 33.2 Å². The number of nitrogens with one attached hydrogen (secondary N) is 1. The van der Waals surface area contributed by atoms with Crippen molar-refractivity contribution in [3.05, 3.63) is 65.5 Å². The molecule has 2 rings (SSSR count). The van der Waals surface area contributed by atoms with Crippen molar-refractivity contribution >= 4 is 27.5 Å². The van der Waals surface area contributed by atoms with Gasteiger partial charge in [-0.05, 0) is 48.9 Å². The molecule has 0 fully saturated rings. The first-order valence-electron chi connectivity index (χ1n) is 8.83. The number of carbonyl (C=O) groups excluding carboxylic acids is 2. The lowest BCUT2D eigenvalue weighted by Gasteiger charge is -2.23. The summed E-state index contributed by atoms with van der Waals surface area (Å²) in [7, 11) is -0.507. The molecule has 0 aromatic heterocycles. The minimum absolute atomic E-state index is 0.215. The van der Waals surface area contributed by atoms with Gasteiger partial charge in [0.2, 0.25) is 15.9 Å². The molecule has 1 unspecified atom stereocenters. The van der Waals surface area contributed by atoms with Gasteiger partial charge in [-0.1, -0.05) is 12.1 Å².